The van der Waals surface area contributed by atoms with Gasteiger partial charge in [-0.25, -0.2) is 0 Å². The number of hydrogen-bond acceptors (Lipinski definition) is 2. The number of anilines is 1. The summed E-state index contributed by atoms with van der Waals surface area (Å²) >= 11 is 6.10. The number of nitrogens with one attached hydrogen (secondary N) is 1. The number of rotatable bonds is 6. The van der Waals surface area contributed by atoms with Gasteiger partial charge in [-0.1, -0.05) is 72.3 Å². The van der Waals surface area contributed by atoms with Gasteiger partial charge in [0.2, 0.25) is 0 Å². The third kappa shape index (κ3) is 4.13. The van der Waals surface area contributed by atoms with Crippen LogP contribution >= 0.6 is 11.6 Å². The Labute approximate surface area is 170 Å². The molecule has 1 N–H and O–H groups in total. The van der Waals surface area contributed by atoms with Gasteiger partial charge in [0.05, 0.1) is 0 Å². The van der Waals surface area contributed by atoms with Crippen molar-refractivity contribution in [2.24, 2.45) is 0 Å². The van der Waals surface area contributed by atoms with E-state index in [0.717, 1.165) is 27.6 Å². The fourth-order valence-corrected chi connectivity index (χ4v) is 3.59. The molecule has 0 spiro atoms. The van der Waals surface area contributed by atoms with E-state index in [0.29, 0.717) is 13.2 Å². The summed E-state index contributed by atoms with van der Waals surface area (Å²) in [4.78, 5) is 0. The Hall–Kier alpha value is -2.97. The van der Waals surface area contributed by atoms with Gasteiger partial charge in [0.25, 0.3) is 0 Å². The fourth-order valence-electron chi connectivity index (χ4n) is 3.38. The number of ether oxygens (including phenoxy) is 1. The lowest BCUT2D eigenvalue weighted by atomic mass is 10.0. The van der Waals surface area contributed by atoms with E-state index < -0.39 is 0 Å². The highest BCUT2D eigenvalue weighted by Gasteiger charge is 2.10. The molecule has 2 nitrogen and oxygen atoms in total. The van der Waals surface area contributed by atoms with Gasteiger partial charge in [0, 0.05) is 22.8 Å². The van der Waals surface area contributed by atoms with Crippen molar-refractivity contribution in [3.8, 4) is 5.75 Å². The first-order chi connectivity index (χ1) is 13.7. The van der Waals surface area contributed by atoms with Crippen LogP contribution in [-0.4, -0.2) is 0 Å². The molecule has 0 unspecified atom stereocenters. The van der Waals surface area contributed by atoms with E-state index in [9.17, 15) is 0 Å². The Morgan fingerprint density at radius 3 is 2.54 bits per heavy atom. The summed E-state index contributed by atoms with van der Waals surface area (Å²) in [5, 5.41) is 6.70. The van der Waals surface area contributed by atoms with Crippen molar-refractivity contribution in [1.82, 2.24) is 0 Å². The highest BCUT2D eigenvalue weighted by Crippen LogP contribution is 2.30. The lowest BCUT2D eigenvalue weighted by Gasteiger charge is -2.16. The second kappa shape index (κ2) is 8.37. The van der Waals surface area contributed by atoms with Gasteiger partial charge in [0.1, 0.15) is 12.4 Å². The Balaban J connectivity index is 1.63. The molecule has 0 bridgehead atoms. The van der Waals surface area contributed by atoms with E-state index >= 15 is 0 Å². The maximum absolute atomic E-state index is 6.21. The molecule has 140 valence electrons. The first-order valence-corrected chi connectivity index (χ1v) is 9.76. The molecule has 0 aliphatic heterocycles. The second-order valence-corrected chi connectivity index (χ2v) is 7.29. The lowest BCUT2D eigenvalue weighted by Crippen LogP contribution is -2.05. The minimum atomic E-state index is 0.482. The van der Waals surface area contributed by atoms with E-state index in [1.165, 1.54) is 16.3 Å². The first-order valence-electron chi connectivity index (χ1n) is 9.38. The summed E-state index contributed by atoms with van der Waals surface area (Å²) < 4.78 is 6.21. The van der Waals surface area contributed by atoms with Crippen molar-refractivity contribution < 1.29 is 4.74 Å². The van der Waals surface area contributed by atoms with Crippen molar-refractivity contribution in [3.63, 3.8) is 0 Å². The van der Waals surface area contributed by atoms with E-state index in [4.69, 9.17) is 16.3 Å². The van der Waals surface area contributed by atoms with E-state index in [-0.39, 0.29) is 0 Å². The quantitative estimate of drug-likeness (QED) is 0.384. The highest BCUT2D eigenvalue weighted by atomic mass is 35.5. The molecule has 28 heavy (non-hydrogen) atoms. The maximum Gasteiger partial charge on any atom is 0.125 e. The van der Waals surface area contributed by atoms with Crippen LogP contribution in [0.25, 0.3) is 10.8 Å². The van der Waals surface area contributed by atoms with Crippen LogP contribution in [0.3, 0.4) is 0 Å². The molecule has 0 radical (unpaired) electrons. The molecular weight excluding hydrogens is 366 g/mol. The normalized spacial score (nSPS) is 10.8. The largest absolute Gasteiger partial charge is 0.489 e. The van der Waals surface area contributed by atoms with Gasteiger partial charge in [-0.3, -0.25) is 0 Å². The monoisotopic (exact) mass is 387 g/mol. The van der Waals surface area contributed by atoms with E-state index in [1.807, 2.05) is 24.3 Å². The smallest absolute Gasteiger partial charge is 0.125 e. The van der Waals surface area contributed by atoms with Gasteiger partial charge in [0.15, 0.2) is 0 Å². The number of benzene rings is 4. The Bertz CT molecular complexity index is 1110. The van der Waals surface area contributed by atoms with Crippen LogP contribution in [0, 0.1) is 6.92 Å². The van der Waals surface area contributed by atoms with Crippen LogP contribution in [0.5, 0.6) is 5.75 Å². The molecule has 0 aromatic heterocycles. The SMILES string of the molecule is Cc1ccccc1NCc1c(OCc2cccc(Cl)c2)ccc2ccccc12. The van der Waals surface area contributed by atoms with Crippen LogP contribution in [0.1, 0.15) is 16.7 Å². The number of hydrogen-bond donors (Lipinski definition) is 1. The molecule has 3 heteroatoms. The summed E-state index contributed by atoms with van der Waals surface area (Å²) in [6.07, 6.45) is 0. The van der Waals surface area contributed by atoms with Crippen molar-refractivity contribution in [2.75, 3.05) is 5.32 Å². The summed E-state index contributed by atoms with van der Waals surface area (Å²) in [7, 11) is 0. The zero-order chi connectivity index (χ0) is 19.3. The molecule has 0 amide bonds. The van der Waals surface area contributed by atoms with Crippen LogP contribution in [0.15, 0.2) is 84.9 Å². The Kier molecular flexibility index (Phi) is 5.50. The third-order valence-electron chi connectivity index (χ3n) is 4.88. The fraction of sp³-hybridized carbons (Fsp3) is 0.120. The molecule has 0 fully saturated rings. The maximum atomic E-state index is 6.21. The van der Waals surface area contributed by atoms with Crippen molar-refractivity contribution in [1.29, 1.82) is 0 Å². The van der Waals surface area contributed by atoms with Gasteiger partial charge >= 0.3 is 0 Å². The summed E-state index contributed by atoms with van der Waals surface area (Å²) in [6, 6.07) is 28.7. The number of para-hydroxylation sites is 1. The molecular formula is C25H22ClNO. The van der Waals surface area contributed by atoms with E-state index in [2.05, 4.69) is 72.9 Å². The predicted molar refractivity (Wildman–Crippen MR) is 118 cm³/mol. The van der Waals surface area contributed by atoms with Crippen molar-refractivity contribution in [2.45, 2.75) is 20.1 Å². The molecule has 4 aromatic carbocycles. The highest BCUT2D eigenvalue weighted by molar-refractivity contribution is 6.30. The molecule has 4 rings (SSSR count). The molecule has 0 heterocycles. The van der Waals surface area contributed by atoms with Crippen LogP contribution in [0.2, 0.25) is 5.02 Å². The van der Waals surface area contributed by atoms with Crippen LogP contribution in [-0.2, 0) is 13.2 Å². The van der Waals surface area contributed by atoms with Crippen molar-refractivity contribution >= 4 is 28.1 Å². The van der Waals surface area contributed by atoms with Gasteiger partial charge in [-0.15, -0.1) is 0 Å². The van der Waals surface area contributed by atoms with Gasteiger partial charge in [-0.2, -0.15) is 0 Å². The molecule has 0 atom stereocenters. The summed E-state index contributed by atoms with van der Waals surface area (Å²) in [6.45, 7) is 3.29. The molecule has 4 aromatic rings. The topological polar surface area (TPSA) is 21.3 Å². The average Bonchev–Trinajstić information content (AvgIpc) is 2.72. The number of aryl methyl sites for hydroxylation is 1. The Morgan fingerprint density at radius 2 is 1.68 bits per heavy atom. The zero-order valence-corrected chi connectivity index (χ0v) is 16.5. The minimum absolute atomic E-state index is 0.482. The Morgan fingerprint density at radius 1 is 0.857 bits per heavy atom. The molecule has 0 saturated carbocycles. The summed E-state index contributed by atoms with van der Waals surface area (Å²) in [5.41, 5.74) is 4.57. The third-order valence-corrected chi connectivity index (χ3v) is 5.12. The second-order valence-electron chi connectivity index (χ2n) is 6.85. The van der Waals surface area contributed by atoms with Crippen LogP contribution < -0.4 is 10.1 Å². The van der Waals surface area contributed by atoms with Crippen LogP contribution in [0.4, 0.5) is 5.69 Å². The average molecular weight is 388 g/mol. The minimum Gasteiger partial charge on any atom is -0.489 e. The van der Waals surface area contributed by atoms with Gasteiger partial charge < -0.3 is 10.1 Å². The molecule has 0 aliphatic rings. The molecule has 0 aliphatic carbocycles. The molecule has 0 saturated heterocycles. The van der Waals surface area contributed by atoms with E-state index in [1.54, 1.807) is 0 Å². The first kappa shape index (κ1) is 18.4. The standard InChI is InChI=1S/C25H22ClNO/c1-18-7-2-5-12-24(18)27-16-23-22-11-4-3-9-20(22)13-14-25(23)28-17-19-8-6-10-21(26)15-19/h2-15,27H,16-17H2,1H3. The lowest BCUT2D eigenvalue weighted by molar-refractivity contribution is 0.304. The number of halogens is 1. The summed E-state index contributed by atoms with van der Waals surface area (Å²) in [5.74, 6) is 0.889. The van der Waals surface area contributed by atoms with Crippen molar-refractivity contribution in [3.05, 3.63) is 107 Å². The zero-order valence-electron chi connectivity index (χ0n) is 15.8. The number of fused-ring (bicyclic) bond motifs is 1. The predicted octanol–water partition coefficient (Wildman–Crippen LogP) is 6.99. The van der Waals surface area contributed by atoms with Gasteiger partial charge in [-0.05, 0) is 53.1 Å².